The minimum Gasteiger partial charge on any atom is -0.472 e. The maximum absolute atomic E-state index is 5.20. The van der Waals surface area contributed by atoms with Gasteiger partial charge >= 0.3 is 0 Å². The van der Waals surface area contributed by atoms with Gasteiger partial charge in [-0.1, -0.05) is 6.92 Å². The van der Waals surface area contributed by atoms with Crippen LogP contribution >= 0.6 is 0 Å². The summed E-state index contributed by atoms with van der Waals surface area (Å²) in [6.45, 7) is 6.71. The molecule has 0 radical (unpaired) electrons. The Hall–Kier alpha value is -0.840. The van der Waals surface area contributed by atoms with Crippen LogP contribution in [0.15, 0.2) is 23.0 Å². The highest BCUT2D eigenvalue weighted by atomic mass is 16.3. The first kappa shape index (κ1) is 14.6. The maximum Gasteiger partial charge on any atom is 0.0935 e. The third-order valence-electron chi connectivity index (χ3n) is 4.08. The summed E-state index contributed by atoms with van der Waals surface area (Å²) in [5.41, 5.74) is 1.28. The van der Waals surface area contributed by atoms with Crippen LogP contribution in [0.2, 0.25) is 0 Å². The van der Waals surface area contributed by atoms with Crippen molar-refractivity contribution in [1.82, 2.24) is 15.1 Å². The predicted octanol–water partition coefficient (Wildman–Crippen LogP) is 1.44. The standard InChI is InChI=1S/C15H27N3O/c1-4-16-14(10-13-6-9-19-12-13)15-11-17(2)7-5-8-18(15)3/h6,9,12,14-16H,4-5,7-8,10-11H2,1-3H3. The predicted molar refractivity (Wildman–Crippen MR) is 78.4 cm³/mol. The van der Waals surface area contributed by atoms with Crippen LogP contribution in [-0.4, -0.2) is 62.2 Å². The molecule has 1 aromatic heterocycles. The Morgan fingerprint density at radius 3 is 2.95 bits per heavy atom. The van der Waals surface area contributed by atoms with Crippen LogP contribution in [0.5, 0.6) is 0 Å². The second-order valence-corrected chi connectivity index (χ2v) is 5.66. The van der Waals surface area contributed by atoms with E-state index in [0.29, 0.717) is 12.1 Å². The van der Waals surface area contributed by atoms with E-state index in [1.807, 2.05) is 6.26 Å². The van der Waals surface area contributed by atoms with E-state index in [2.05, 4.69) is 42.2 Å². The van der Waals surface area contributed by atoms with Gasteiger partial charge < -0.3 is 19.5 Å². The molecule has 2 unspecified atom stereocenters. The molecule has 0 amide bonds. The fraction of sp³-hybridized carbons (Fsp3) is 0.733. The highest BCUT2D eigenvalue weighted by molar-refractivity contribution is 5.09. The highest BCUT2D eigenvalue weighted by Gasteiger charge is 2.28. The number of hydrogen-bond acceptors (Lipinski definition) is 4. The largest absolute Gasteiger partial charge is 0.472 e. The molecule has 1 saturated heterocycles. The normalized spacial score (nSPS) is 24.3. The summed E-state index contributed by atoms with van der Waals surface area (Å²) in [7, 11) is 4.48. The fourth-order valence-electron chi connectivity index (χ4n) is 3.01. The maximum atomic E-state index is 5.20. The minimum absolute atomic E-state index is 0.480. The van der Waals surface area contributed by atoms with Crippen molar-refractivity contribution in [2.75, 3.05) is 40.3 Å². The Balaban J connectivity index is 2.06. The highest BCUT2D eigenvalue weighted by Crippen LogP contribution is 2.15. The van der Waals surface area contributed by atoms with Crippen LogP contribution in [0.3, 0.4) is 0 Å². The van der Waals surface area contributed by atoms with Gasteiger partial charge in [0.15, 0.2) is 0 Å². The quantitative estimate of drug-likeness (QED) is 0.873. The van der Waals surface area contributed by atoms with E-state index in [0.717, 1.165) is 19.5 Å². The Kier molecular flexibility index (Phi) is 5.43. The summed E-state index contributed by atoms with van der Waals surface area (Å²) in [6.07, 6.45) is 5.92. The molecule has 19 heavy (non-hydrogen) atoms. The molecular formula is C15H27N3O. The third-order valence-corrected chi connectivity index (χ3v) is 4.08. The number of likely N-dealkylation sites (N-methyl/N-ethyl adjacent to an activating group) is 3. The molecule has 0 bridgehead atoms. The van der Waals surface area contributed by atoms with Crippen LogP contribution < -0.4 is 5.32 Å². The van der Waals surface area contributed by atoms with Crippen LogP contribution in [0, 0.1) is 0 Å². The summed E-state index contributed by atoms with van der Waals surface area (Å²) in [5.74, 6) is 0. The van der Waals surface area contributed by atoms with Gasteiger partial charge in [-0.05, 0) is 58.2 Å². The number of nitrogens with zero attached hydrogens (tertiary/aromatic N) is 2. The van der Waals surface area contributed by atoms with Gasteiger partial charge in [0.25, 0.3) is 0 Å². The van der Waals surface area contributed by atoms with Gasteiger partial charge in [-0.25, -0.2) is 0 Å². The van der Waals surface area contributed by atoms with E-state index in [1.54, 1.807) is 6.26 Å². The molecule has 0 spiro atoms. The zero-order valence-corrected chi connectivity index (χ0v) is 12.4. The summed E-state index contributed by atoms with van der Waals surface area (Å²) < 4.78 is 5.20. The molecule has 0 aliphatic carbocycles. The Labute approximate surface area is 116 Å². The third kappa shape index (κ3) is 4.06. The fourth-order valence-corrected chi connectivity index (χ4v) is 3.01. The molecule has 2 heterocycles. The van der Waals surface area contributed by atoms with Gasteiger partial charge in [-0.2, -0.15) is 0 Å². The van der Waals surface area contributed by atoms with Crippen molar-refractivity contribution in [3.8, 4) is 0 Å². The van der Waals surface area contributed by atoms with E-state index in [9.17, 15) is 0 Å². The van der Waals surface area contributed by atoms with Crippen LogP contribution in [-0.2, 0) is 6.42 Å². The number of furan rings is 1. The lowest BCUT2D eigenvalue weighted by Gasteiger charge is -2.35. The first-order valence-corrected chi connectivity index (χ1v) is 7.34. The van der Waals surface area contributed by atoms with Crippen molar-refractivity contribution in [2.45, 2.75) is 31.8 Å². The average molecular weight is 265 g/mol. The average Bonchev–Trinajstić information content (AvgIpc) is 2.82. The Bertz CT molecular complexity index is 352. The summed E-state index contributed by atoms with van der Waals surface area (Å²) in [4.78, 5) is 4.96. The van der Waals surface area contributed by atoms with Gasteiger partial charge in [0.05, 0.1) is 12.5 Å². The number of nitrogens with one attached hydrogen (secondary N) is 1. The zero-order valence-electron chi connectivity index (χ0n) is 12.4. The molecule has 1 fully saturated rings. The number of rotatable bonds is 5. The molecule has 4 nitrogen and oxygen atoms in total. The van der Waals surface area contributed by atoms with E-state index < -0.39 is 0 Å². The van der Waals surface area contributed by atoms with Gasteiger partial charge in [0.2, 0.25) is 0 Å². The molecule has 1 N–H and O–H groups in total. The summed E-state index contributed by atoms with van der Waals surface area (Å²) in [5, 5.41) is 3.66. The lowest BCUT2D eigenvalue weighted by atomic mass is 9.99. The first-order valence-electron chi connectivity index (χ1n) is 7.34. The van der Waals surface area contributed by atoms with E-state index >= 15 is 0 Å². The van der Waals surface area contributed by atoms with Gasteiger partial charge in [0, 0.05) is 18.6 Å². The lowest BCUT2D eigenvalue weighted by molar-refractivity contribution is 0.178. The first-order chi connectivity index (χ1) is 9.20. The van der Waals surface area contributed by atoms with Crippen molar-refractivity contribution >= 4 is 0 Å². The molecule has 0 saturated carbocycles. The monoisotopic (exact) mass is 265 g/mol. The van der Waals surface area contributed by atoms with Gasteiger partial charge in [-0.3, -0.25) is 0 Å². The van der Waals surface area contributed by atoms with Crippen molar-refractivity contribution in [3.63, 3.8) is 0 Å². The van der Waals surface area contributed by atoms with E-state index in [-0.39, 0.29) is 0 Å². The van der Waals surface area contributed by atoms with Crippen LogP contribution in [0.4, 0.5) is 0 Å². The topological polar surface area (TPSA) is 31.7 Å². The van der Waals surface area contributed by atoms with Crippen molar-refractivity contribution in [1.29, 1.82) is 0 Å². The molecular weight excluding hydrogens is 238 g/mol. The van der Waals surface area contributed by atoms with E-state index in [4.69, 9.17) is 4.42 Å². The van der Waals surface area contributed by atoms with Crippen LogP contribution in [0.1, 0.15) is 18.9 Å². The van der Waals surface area contributed by atoms with Gasteiger partial charge in [-0.15, -0.1) is 0 Å². The minimum atomic E-state index is 0.480. The number of hydrogen-bond donors (Lipinski definition) is 1. The van der Waals surface area contributed by atoms with Gasteiger partial charge in [0.1, 0.15) is 0 Å². The molecule has 1 aliphatic rings. The van der Waals surface area contributed by atoms with Crippen molar-refractivity contribution in [3.05, 3.63) is 24.2 Å². The van der Waals surface area contributed by atoms with Crippen molar-refractivity contribution < 1.29 is 4.42 Å². The summed E-state index contributed by atoms with van der Waals surface area (Å²) in [6, 6.07) is 3.11. The smallest absolute Gasteiger partial charge is 0.0935 e. The SMILES string of the molecule is CCNC(Cc1ccoc1)C1CN(C)CCCN1C. The molecule has 2 rings (SSSR count). The lowest BCUT2D eigenvalue weighted by Crippen LogP contribution is -2.53. The molecule has 1 aliphatic heterocycles. The molecule has 0 aromatic carbocycles. The molecule has 1 aromatic rings. The van der Waals surface area contributed by atoms with Crippen molar-refractivity contribution in [2.24, 2.45) is 0 Å². The van der Waals surface area contributed by atoms with E-state index in [1.165, 1.54) is 25.1 Å². The second-order valence-electron chi connectivity index (χ2n) is 5.66. The molecule has 4 heteroatoms. The van der Waals surface area contributed by atoms with Crippen LogP contribution in [0.25, 0.3) is 0 Å². The molecule has 2 atom stereocenters. The second kappa shape index (κ2) is 7.08. The Morgan fingerprint density at radius 1 is 1.42 bits per heavy atom. The Morgan fingerprint density at radius 2 is 2.26 bits per heavy atom. The zero-order chi connectivity index (χ0) is 13.7. The summed E-state index contributed by atoms with van der Waals surface area (Å²) >= 11 is 0. The molecule has 108 valence electrons.